The van der Waals surface area contributed by atoms with Gasteiger partial charge in [-0.05, 0) is 59.7 Å². The van der Waals surface area contributed by atoms with Crippen molar-refractivity contribution in [2.24, 2.45) is 17.8 Å². The molecule has 2 aromatic carbocycles. The molecule has 2 atom stereocenters. The van der Waals surface area contributed by atoms with Crippen molar-refractivity contribution in [2.75, 3.05) is 19.6 Å². The lowest BCUT2D eigenvalue weighted by Gasteiger charge is -2.19. The number of hydrogen-bond acceptors (Lipinski definition) is 3. The molecule has 0 spiro atoms. The van der Waals surface area contributed by atoms with E-state index in [1.54, 1.807) is 12.1 Å². The van der Waals surface area contributed by atoms with E-state index in [2.05, 4.69) is 27.1 Å². The zero-order chi connectivity index (χ0) is 19.7. The number of nitrogens with zero attached hydrogens (tertiary/aromatic N) is 1. The Labute approximate surface area is 167 Å². The molecule has 0 bridgehead atoms. The molecule has 0 amide bonds. The van der Waals surface area contributed by atoms with E-state index in [1.807, 2.05) is 12.1 Å². The van der Waals surface area contributed by atoms with Crippen LogP contribution in [-0.4, -0.2) is 30.9 Å². The second-order valence-electron chi connectivity index (χ2n) is 7.64. The average molecular weight is 411 g/mol. The summed E-state index contributed by atoms with van der Waals surface area (Å²) < 4.78 is 40.9. The smallest absolute Gasteiger partial charge is 0.406 e. The zero-order valence-corrected chi connectivity index (χ0v) is 16.0. The van der Waals surface area contributed by atoms with Crippen molar-refractivity contribution < 1.29 is 17.9 Å². The molecule has 150 valence electrons. The fourth-order valence-corrected chi connectivity index (χ4v) is 4.38. The molecular weight excluding hydrogens is 389 g/mol. The van der Waals surface area contributed by atoms with Crippen LogP contribution in [0.15, 0.2) is 48.5 Å². The zero-order valence-electron chi connectivity index (χ0n) is 15.3. The van der Waals surface area contributed by atoms with Gasteiger partial charge in [0.2, 0.25) is 0 Å². The van der Waals surface area contributed by atoms with E-state index in [4.69, 9.17) is 11.6 Å². The molecule has 0 aromatic heterocycles. The van der Waals surface area contributed by atoms with Gasteiger partial charge in [-0.3, -0.25) is 4.90 Å². The van der Waals surface area contributed by atoms with Gasteiger partial charge in [-0.2, -0.15) is 0 Å². The lowest BCUT2D eigenvalue weighted by molar-refractivity contribution is -0.274. The molecule has 3 nitrogen and oxygen atoms in total. The van der Waals surface area contributed by atoms with Crippen LogP contribution < -0.4 is 10.1 Å². The minimum atomic E-state index is -4.66. The third-order valence-corrected chi connectivity index (χ3v) is 5.86. The molecule has 1 aliphatic carbocycles. The van der Waals surface area contributed by atoms with E-state index < -0.39 is 6.36 Å². The molecule has 1 heterocycles. The normalized spacial score (nSPS) is 24.2. The Kier molecular flexibility index (Phi) is 5.54. The molecule has 2 aliphatic rings. The molecule has 1 saturated heterocycles. The highest BCUT2D eigenvalue weighted by molar-refractivity contribution is 6.30. The van der Waals surface area contributed by atoms with Gasteiger partial charge in [0.15, 0.2) is 0 Å². The number of halogens is 4. The summed E-state index contributed by atoms with van der Waals surface area (Å²) in [5.41, 5.74) is 2.07. The topological polar surface area (TPSA) is 24.5 Å². The van der Waals surface area contributed by atoms with E-state index >= 15 is 0 Å². The molecule has 2 aromatic rings. The van der Waals surface area contributed by atoms with E-state index in [9.17, 15) is 13.2 Å². The highest BCUT2D eigenvalue weighted by atomic mass is 35.5. The van der Waals surface area contributed by atoms with Gasteiger partial charge in [0, 0.05) is 31.2 Å². The summed E-state index contributed by atoms with van der Waals surface area (Å²) >= 11 is 5.93. The van der Waals surface area contributed by atoms with Crippen molar-refractivity contribution in [1.82, 2.24) is 10.2 Å². The monoisotopic (exact) mass is 410 g/mol. The Balaban J connectivity index is 1.18. The first-order valence-corrected chi connectivity index (χ1v) is 9.77. The van der Waals surface area contributed by atoms with Gasteiger partial charge in [-0.15, -0.1) is 13.2 Å². The summed E-state index contributed by atoms with van der Waals surface area (Å²) in [6, 6.07) is 14.1. The minimum absolute atomic E-state index is 0.173. The van der Waals surface area contributed by atoms with Gasteiger partial charge in [0.25, 0.3) is 0 Å². The van der Waals surface area contributed by atoms with Crippen molar-refractivity contribution in [2.45, 2.75) is 19.5 Å². The summed E-state index contributed by atoms with van der Waals surface area (Å²) in [6.45, 7) is 4.60. The maximum atomic E-state index is 12.3. The van der Waals surface area contributed by atoms with E-state index in [1.165, 1.54) is 17.7 Å². The first-order valence-electron chi connectivity index (χ1n) is 9.39. The number of rotatable bonds is 7. The molecule has 4 rings (SSSR count). The van der Waals surface area contributed by atoms with Crippen LogP contribution in [0.5, 0.6) is 5.75 Å². The predicted molar refractivity (Wildman–Crippen MR) is 102 cm³/mol. The molecule has 0 radical (unpaired) electrons. The van der Waals surface area contributed by atoms with Crippen LogP contribution in [0.4, 0.5) is 13.2 Å². The number of hydrogen-bond donors (Lipinski definition) is 1. The van der Waals surface area contributed by atoms with Crippen molar-refractivity contribution >= 4 is 11.6 Å². The van der Waals surface area contributed by atoms with Gasteiger partial charge in [-0.25, -0.2) is 0 Å². The fourth-order valence-electron chi connectivity index (χ4n) is 4.25. The summed E-state index contributed by atoms with van der Waals surface area (Å²) in [7, 11) is 0. The lowest BCUT2D eigenvalue weighted by Crippen LogP contribution is -2.27. The molecule has 2 unspecified atom stereocenters. The number of piperidine rings is 1. The van der Waals surface area contributed by atoms with E-state index in [0.717, 1.165) is 48.6 Å². The van der Waals surface area contributed by atoms with Crippen LogP contribution in [0.1, 0.15) is 11.1 Å². The van der Waals surface area contributed by atoms with Crippen molar-refractivity contribution in [1.29, 1.82) is 0 Å². The Morgan fingerprint density at radius 3 is 2.43 bits per heavy atom. The maximum Gasteiger partial charge on any atom is 0.573 e. The highest BCUT2D eigenvalue weighted by Gasteiger charge is 2.54. The Hall–Kier alpha value is -1.76. The predicted octanol–water partition coefficient (Wildman–Crippen LogP) is 4.71. The van der Waals surface area contributed by atoms with E-state index in [-0.39, 0.29) is 5.75 Å². The van der Waals surface area contributed by atoms with Crippen molar-refractivity contribution in [3.8, 4) is 5.75 Å². The number of alkyl halides is 3. The Bertz CT molecular complexity index is 800. The van der Waals surface area contributed by atoms with Gasteiger partial charge < -0.3 is 10.1 Å². The van der Waals surface area contributed by atoms with Crippen LogP contribution in [0.3, 0.4) is 0 Å². The molecule has 1 saturated carbocycles. The fraction of sp³-hybridized carbons (Fsp3) is 0.429. The molecule has 2 fully saturated rings. The Morgan fingerprint density at radius 1 is 1.04 bits per heavy atom. The second kappa shape index (κ2) is 7.93. The van der Waals surface area contributed by atoms with Gasteiger partial charge in [0.1, 0.15) is 5.75 Å². The second-order valence-corrected chi connectivity index (χ2v) is 8.07. The number of benzene rings is 2. The van der Waals surface area contributed by atoms with E-state index in [0.29, 0.717) is 12.5 Å². The molecule has 7 heteroatoms. The SMILES string of the molecule is FC(F)(F)Oc1cccc(CNCC2C3CN(Cc4ccc(Cl)cc4)CC23)c1. The first-order chi connectivity index (χ1) is 13.4. The number of fused-ring (bicyclic) bond motifs is 1. The van der Waals surface area contributed by atoms with Crippen LogP contribution in [0, 0.1) is 17.8 Å². The van der Waals surface area contributed by atoms with Crippen LogP contribution >= 0.6 is 11.6 Å². The maximum absolute atomic E-state index is 12.3. The average Bonchev–Trinajstić information content (AvgIpc) is 3.07. The minimum Gasteiger partial charge on any atom is -0.406 e. The molecule has 28 heavy (non-hydrogen) atoms. The molecular formula is C21H22ClF3N2O. The number of ether oxygens (including phenoxy) is 1. The quantitative estimate of drug-likeness (QED) is 0.715. The third-order valence-electron chi connectivity index (χ3n) is 5.61. The van der Waals surface area contributed by atoms with Gasteiger partial charge in [-0.1, -0.05) is 35.9 Å². The summed E-state index contributed by atoms with van der Waals surface area (Å²) in [6.07, 6.45) is -4.66. The molecule has 1 aliphatic heterocycles. The Morgan fingerprint density at radius 2 is 1.75 bits per heavy atom. The highest BCUT2D eigenvalue weighted by Crippen LogP contribution is 2.51. The van der Waals surface area contributed by atoms with Crippen LogP contribution in [-0.2, 0) is 13.1 Å². The molecule has 1 N–H and O–H groups in total. The van der Waals surface area contributed by atoms with Gasteiger partial charge >= 0.3 is 6.36 Å². The van der Waals surface area contributed by atoms with Crippen molar-refractivity contribution in [3.05, 3.63) is 64.7 Å². The largest absolute Gasteiger partial charge is 0.573 e. The summed E-state index contributed by atoms with van der Waals surface area (Å²) in [5.74, 6) is 1.93. The first kappa shape index (κ1) is 19.6. The van der Waals surface area contributed by atoms with Crippen molar-refractivity contribution in [3.63, 3.8) is 0 Å². The van der Waals surface area contributed by atoms with Gasteiger partial charge in [0.05, 0.1) is 0 Å². The number of nitrogens with one attached hydrogen (secondary N) is 1. The standard InChI is InChI=1S/C21H22ClF3N2O/c22-16-6-4-14(5-7-16)11-27-12-19-18(20(19)13-27)10-26-9-15-2-1-3-17(8-15)28-21(23,24)25/h1-8,18-20,26H,9-13H2. The van der Waals surface area contributed by atoms with Crippen LogP contribution in [0.2, 0.25) is 5.02 Å². The summed E-state index contributed by atoms with van der Waals surface area (Å²) in [5, 5.41) is 4.14. The van der Waals surface area contributed by atoms with Crippen LogP contribution in [0.25, 0.3) is 0 Å². The third kappa shape index (κ3) is 4.99. The summed E-state index contributed by atoms with van der Waals surface area (Å²) in [4.78, 5) is 2.48. The lowest BCUT2D eigenvalue weighted by atomic mass is 10.2. The number of likely N-dealkylation sites (tertiary alicyclic amines) is 1.